The second kappa shape index (κ2) is 6.70. The van der Waals surface area contributed by atoms with E-state index in [1.165, 1.54) is 0 Å². The average molecular weight is 322 g/mol. The summed E-state index contributed by atoms with van der Waals surface area (Å²) in [4.78, 5) is 29.8. The first-order chi connectivity index (χ1) is 11.1. The lowest BCUT2D eigenvalue weighted by Crippen LogP contribution is -2.46. The molecule has 1 aromatic heterocycles. The van der Waals surface area contributed by atoms with Gasteiger partial charge >= 0.3 is 5.97 Å². The number of oxazole rings is 1. The fourth-order valence-electron chi connectivity index (χ4n) is 3.58. The molecule has 0 saturated carbocycles. The first kappa shape index (κ1) is 16.0. The van der Waals surface area contributed by atoms with Gasteiger partial charge in [-0.2, -0.15) is 0 Å². The largest absolute Gasteiger partial charge is 0.476 e. The Hall–Kier alpha value is -1.89. The smallest absolute Gasteiger partial charge is 0.358 e. The van der Waals surface area contributed by atoms with E-state index in [9.17, 15) is 14.7 Å². The number of hydrogen-bond donors (Lipinski definition) is 1. The van der Waals surface area contributed by atoms with Crippen LogP contribution in [0.2, 0.25) is 0 Å². The maximum Gasteiger partial charge on any atom is 0.358 e. The van der Waals surface area contributed by atoms with E-state index in [4.69, 9.17) is 9.15 Å². The first-order valence-corrected chi connectivity index (χ1v) is 8.18. The third kappa shape index (κ3) is 3.10. The number of carbonyl (C=O) groups is 2. The highest BCUT2D eigenvalue weighted by molar-refractivity contribution is 5.87. The summed E-state index contributed by atoms with van der Waals surface area (Å²) in [6.07, 6.45) is 5.28. The summed E-state index contributed by atoms with van der Waals surface area (Å²) < 4.78 is 11.0. The van der Waals surface area contributed by atoms with Crippen LogP contribution in [0, 0.1) is 5.92 Å². The van der Waals surface area contributed by atoms with Crippen molar-refractivity contribution < 1.29 is 23.8 Å². The molecule has 0 aromatic carbocycles. The Kier molecular flexibility index (Phi) is 4.66. The topological polar surface area (TPSA) is 92.9 Å². The number of aromatic nitrogens is 1. The van der Waals surface area contributed by atoms with Crippen molar-refractivity contribution >= 4 is 11.9 Å². The number of piperidine rings is 1. The molecule has 2 aliphatic heterocycles. The number of nitrogens with zero attached hydrogens (tertiary/aromatic N) is 2. The zero-order chi connectivity index (χ0) is 16.4. The quantitative estimate of drug-likeness (QED) is 0.917. The zero-order valence-electron chi connectivity index (χ0n) is 13.2. The Bertz CT molecular complexity index is 585. The highest BCUT2D eigenvalue weighted by Crippen LogP contribution is 2.35. The van der Waals surface area contributed by atoms with E-state index >= 15 is 0 Å². The molecule has 3 atom stereocenters. The lowest BCUT2D eigenvalue weighted by atomic mass is 9.90. The van der Waals surface area contributed by atoms with Crippen LogP contribution in [0.15, 0.2) is 10.8 Å². The van der Waals surface area contributed by atoms with E-state index in [1.807, 2.05) is 6.92 Å². The SMILES string of the molecule is C[C@@H]1OCCC[C@@H]1C(=O)N1CCCCC1c1ocnc1C(=O)O. The number of carboxylic acids is 1. The Morgan fingerprint density at radius 1 is 1.30 bits per heavy atom. The summed E-state index contributed by atoms with van der Waals surface area (Å²) in [5.74, 6) is -0.966. The van der Waals surface area contributed by atoms with Gasteiger partial charge in [-0.25, -0.2) is 9.78 Å². The van der Waals surface area contributed by atoms with Crippen LogP contribution in [-0.4, -0.2) is 46.1 Å². The molecular formula is C16H22N2O5. The molecule has 1 amide bonds. The van der Waals surface area contributed by atoms with Gasteiger partial charge in [0.15, 0.2) is 17.8 Å². The summed E-state index contributed by atoms with van der Waals surface area (Å²) >= 11 is 0. The molecule has 23 heavy (non-hydrogen) atoms. The molecule has 1 N–H and O–H groups in total. The van der Waals surface area contributed by atoms with Gasteiger partial charge in [0.05, 0.1) is 18.1 Å². The molecule has 2 saturated heterocycles. The number of ether oxygens (including phenoxy) is 1. The van der Waals surface area contributed by atoms with E-state index in [0.29, 0.717) is 19.6 Å². The summed E-state index contributed by atoms with van der Waals surface area (Å²) in [6.45, 7) is 3.24. The molecule has 1 aromatic rings. The number of rotatable bonds is 3. The minimum Gasteiger partial charge on any atom is -0.476 e. The van der Waals surface area contributed by atoms with Crippen LogP contribution in [-0.2, 0) is 9.53 Å². The monoisotopic (exact) mass is 322 g/mol. The molecule has 0 radical (unpaired) electrons. The van der Waals surface area contributed by atoms with Gasteiger partial charge in [0.25, 0.3) is 0 Å². The molecule has 3 heterocycles. The Morgan fingerprint density at radius 2 is 2.13 bits per heavy atom. The molecule has 0 bridgehead atoms. The number of carbonyl (C=O) groups excluding carboxylic acids is 1. The Morgan fingerprint density at radius 3 is 2.87 bits per heavy atom. The number of likely N-dealkylation sites (tertiary alicyclic amines) is 1. The second-order valence-electron chi connectivity index (χ2n) is 6.24. The van der Waals surface area contributed by atoms with E-state index in [-0.39, 0.29) is 35.4 Å². The van der Waals surface area contributed by atoms with Crippen molar-refractivity contribution in [2.24, 2.45) is 5.92 Å². The van der Waals surface area contributed by atoms with Gasteiger partial charge in [0, 0.05) is 13.2 Å². The van der Waals surface area contributed by atoms with Crippen molar-refractivity contribution in [1.29, 1.82) is 0 Å². The van der Waals surface area contributed by atoms with Gasteiger partial charge in [0.2, 0.25) is 5.91 Å². The molecular weight excluding hydrogens is 300 g/mol. The molecule has 7 heteroatoms. The molecule has 3 rings (SSSR count). The summed E-state index contributed by atoms with van der Waals surface area (Å²) in [7, 11) is 0. The predicted octanol–water partition coefficient (Wildman–Crippen LogP) is 2.24. The summed E-state index contributed by atoms with van der Waals surface area (Å²) in [5.41, 5.74) is -0.0948. The number of amides is 1. The van der Waals surface area contributed by atoms with Crippen molar-refractivity contribution in [3.05, 3.63) is 17.8 Å². The lowest BCUT2D eigenvalue weighted by molar-refractivity contribution is -0.148. The van der Waals surface area contributed by atoms with Gasteiger partial charge in [-0.1, -0.05) is 0 Å². The summed E-state index contributed by atoms with van der Waals surface area (Å²) in [5, 5.41) is 9.25. The summed E-state index contributed by atoms with van der Waals surface area (Å²) in [6, 6.07) is -0.348. The van der Waals surface area contributed by atoms with Crippen molar-refractivity contribution in [2.75, 3.05) is 13.2 Å². The lowest BCUT2D eigenvalue weighted by Gasteiger charge is -2.39. The minimum atomic E-state index is -1.12. The van der Waals surface area contributed by atoms with Crippen LogP contribution in [0.4, 0.5) is 0 Å². The van der Waals surface area contributed by atoms with Crippen LogP contribution < -0.4 is 0 Å². The van der Waals surface area contributed by atoms with Gasteiger partial charge in [-0.3, -0.25) is 4.79 Å². The second-order valence-corrected chi connectivity index (χ2v) is 6.24. The van der Waals surface area contributed by atoms with Gasteiger partial charge in [-0.05, 0) is 39.0 Å². The Labute approximate surface area is 134 Å². The molecule has 1 unspecified atom stereocenters. The number of carboxylic acid groups (broad SMARTS) is 1. The fraction of sp³-hybridized carbons (Fsp3) is 0.688. The van der Waals surface area contributed by atoms with Gasteiger partial charge in [-0.15, -0.1) is 0 Å². The van der Waals surface area contributed by atoms with Crippen LogP contribution in [0.5, 0.6) is 0 Å². The van der Waals surface area contributed by atoms with Gasteiger partial charge < -0.3 is 19.2 Å². The number of hydrogen-bond acceptors (Lipinski definition) is 5. The third-order valence-corrected chi connectivity index (χ3v) is 4.81. The predicted molar refractivity (Wildman–Crippen MR) is 79.9 cm³/mol. The first-order valence-electron chi connectivity index (χ1n) is 8.18. The molecule has 126 valence electrons. The van der Waals surface area contributed by atoms with Gasteiger partial charge in [0.1, 0.15) is 0 Å². The molecule has 2 aliphatic rings. The van der Waals surface area contributed by atoms with Crippen LogP contribution in [0.1, 0.15) is 61.3 Å². The zero-order valence-corrected chi connectivity index (χ0v) is 13.2. The molecule has 2 fully saturated rings. The molecule has 0 aliphatic carbocycles. The van der Waals surface area contributed by atoms with Crippen molar-refractivity contribution in [1.82, 2.24) is 9.88 Å². The minimum absolute atomic E-state index is 0.0367. The number of aromatic carboxylic acids is 1. The standard InChI is InChI=1S/C16H22N2O5/c1-10-11(5-4-8-22-10)15(19)18-7-3-2-6-12(18)14-13(16(20)21)17-9-23-14/h9-12H,2-8H2,1H3,(H,20,21)/t10-,11-,12?/m0/s1. The average Bonchev–Trinajstić information content (AvgIpc) is 3.04. The molecule has 0 spiro atoms. The fourth-order valence-corrected chi connectivity index (χ4v) is 3.58. The van der Waals surface area contributed by atoms with Crippen LogP contribution in [0.3, 0.4) is 0 Å². The maximum atomic E-state index is 13.0. The van der Waals surface area contributed by atoms with Crippen molar-refractivity contribution in [2.45, 2.75) is 51.2 Å². The third-order valence-electron chi connectivity index (χ3n) is 4.81. The Balaban J connectivity index is 1.85. The van der Waals surface area contributed by atoms with E-state index in [1.54, 1.807) is 4.90 Å². The molecule has 7 nitrogen and oxygen atoms in total. The van der Waals surface area contributed by atoms with Crippen molar-refractivity contribution in [3.63, 3.8) is 0 Å². The normalized spacial score (nSPS) is 28.6. The highest BCUT2D eigenvalue weighted by Gasteiger charge is 2.39. The highest BCUT2D eigenvalue weighted by atomic mass is 16.5. The van der Waals surface area contributed by atoms with Crippen LogP contribution >= 0.6 is 0 Å². The van der Waals surface area contributed by atoms with E-state index in [2.05, 4.69) is 4.98 Å². The van der Waals surface area contributed by atoms with Crippen molar-refractivity contribution in [3.8, 4) is 0 Å². The van der Waals surface area contributed by atoms with Crippen LogP contribution in [0.25, 0.3) is 0 Å². The van der Waals surface area contributed by atoms with E-state index < -0.39 is 5.97 Å². The van der Waals surface area contributed by atoms with E-state index in [0.717, 1.165) is 32.1 Å². The maximum absolute atomic E-state index is 13.0.